The first-order valence-corrected chi connectivity index (χ1v) is 8.01. The number of halogens is 2. The fraction of sp³-hybridized carbons (Fsp3) is 0.500. The van der Waals surface area contributed by atoms with E-state index in [1.807, 2.05) is 11.8 Å². The average Bonchev–Trinajstić information content (AvgIpc) is 2.48. The molecule has 0 bridgehead atoms. The SMILES string of the molecule is COC(=O)[C@H](NC1CCSCC1)c1ccc(Cl)c(F)c1. The van der Waals surface area contributed by atoms with Gasteiger partial charge in [0.15, 0.2) is 0 Å². The summed E-state index contributed by atoms with van der Waals surface area (Å²) in [6, 6.07) is 3.99. The number of thioether (sulfide) groups is 1. The second-order valence-electron chi connectivity index (χ2n) is 4.68. The molecule has 0 radical (unpaired) electrons. The second-order valence-corrected chi connectivity index (χ2v) is 6.31. The maximum Gasteiger partial charge on any atom is 0.327 e. The Morgan fingerprint density at radius 2 is 2.20 bits per heavy atom. The molecule has 20 heavy (non-hydrogen) atoms. The van der Waals surface area contributed by atoms with E-state index in [1.54, 1.807) is 6.07 Å². The maximum absolute atomic E-state index is 13.6. The van der Waals surface area contributed by atoms with E-state index < -0.39 is 17.8 Å². The first kappa shape index (κ1) is 15.6. The summed E-state index contributed by atoms with van der Waals surface area (Å²) in [4.78, 5) is 11.9. The zero-order valence-corrected chi connectivity index (χ0v) is 12.8. The highest BCUT2D eigenvalue weighted by Crippen LogP contribution is 2.24. The Kier molecular flexibility index (Phi) is 5.69. The Morgan fingerprint density at radius 1 is 1.50 bits per heavy atom. The van der Waals surface area contributed by atoms with Crippen LogP contribution in [-0.2, 0) is 9.53 Å². The summed E-state index contributed by atoms with van der Waals surface area (Å²) < 4.78 is 18.4. The third-order valence-electron chi connectivity index (χ3n) is 3.34. The van der Waals surface area contributed by atoms with E-state index in [2.05, 4.69) is 5.32 Å². The van der Waals surface area contributed by atoms with E-state index >= 15 is 0 Å². The van der Waals surface area contributed by atoms with E-state index in [0.717, 1.165) is 24.3 Å². The predicted molar refractivity (Wildman–Crippen MR) is 79.6 cm³/mol. The van der Waals surface area contributed by atoms with Crippen LogP contribution in [0.15, 0.2) is 18.2 Å². The van der Waals surface area contributed by atoms with Crippen LogP contribution in [0, 0.1) is 5.82 Å². The van der Waals surface area contributed by atoms with Gasteiger partial charge >= 0.3 is 5.97 Å². The van der Waals surface area contributed by atoms with E-state index in [-0.39, 0.29) is 11.1 Å². The maximum atomic E-state index is 13.6. The van der Waals surface area contributed by atoms with Crippen molar-refractivity contribution in [3.63, 3.8) is 0 Å². The Morgan fingerprint density at radius 3 is 2.80 bits per heavy atom. The number of hydrogen-bond acceptors (Lipinski definition) is 4. The van der Waals surface area contributed by atoms with Crippen LogP contribution < -0.4 is 5.32 Å². The Bertz CT molecular complexity index is 480. The molecule has 110 valence electrons. The molecule has 0 aromatic heterocycles. The van der Waals surface area contributed by atoms with Gasteiger partial charge in [0.25, 0.3) is 0 Å². The van der Waals surface area contributed by atoms with Crippen molar-refractivity contribution < 1.29 is 13.9 Å². The minimum atomic E-state index is -0.653. The number of esters is 1. The number of benzene rings is 1. The summed E-state index contributed by atoms with van der Waals surface area (Å²) in [7, 11) is 1.33. The quantitative estimate of drug-likeness (QED) is 0.866. The highest BCUT2D eigenvalue weighted by Gasteiger charge is 2.26. The van der Waals surface area contributed by atoms with Gasteiger partial charge in [-0.15, -0.1) is 0 Å². The van der Waals surface area contributed by atoms with Gasteiger partial charge in [-0.25, -0.2) is 9.18 Å². The molecule has 3 nitrogen and oxygen atoms in total. The summed E-state index contributed by atoms with van der Waals surface area (Å²) in [6.45, 7) is 0. The van der Waals surface area contributed by atoms with Crippen molar-refractivity contribution in [1.29, 1.82) is 0 Å². The molecule has 0 spiro atoms. The summed E-state index contributed by atoms with van der Waals surface area (Å²) >= 11 is 7.58. The van der Waals surface area contributed by atoms with E-state index in [9.17, 15) is 9.18 Å². The van der Waals surface area contributed by atoms with Crippen LogP contribution in [0.1, 0.15) is 24.4 Å². The second kappa shape index (κ2) is 7.29. The minimum absolute atomic E-state index is 0.0476. The predicted octanol–water partition coefficient (Wildman–Crippen LogP) is 3.18. The minimum Gasteiger partial charge on any atom is -0.468 e. The van der Waals surface area contributed by atoms with Crippen LogP contribution in [0.5, 0.6) is 0 Å². The molecule has 6 heteroatoms. The number of carbonyl (C=O) groups excluding carboxylic acids is 1. The molecule has 1 saturated heterocycles. The van der Waals surface area contributed by atoms with Gasteiger partial charge in [-0.2, -0.15) is 11.8 Å². The molecule has 2 rings (SSSR count). The highest BCUT2D eigenvalue weighted by atomic mass is 35.5. The Balaban J connectivity index is 2.17. The summed E-state index contributed by atoms with van der Waals surface area (Å²) in [5.74, 6) is 1.20. The van der Waals surface area contributed by atoms with Gasteiger partial charge in [0.2, 0.25) is 0 Å². The van der Waals surface area contributed by atoms with Gasteiger partial charge in [0, 0.05) is 6.04 Å². The van der Waals surface area contributed by atoms with Crippen LogP contribution in [0.2, 0.25) is 5.02 Å². The molecule has 1 aromatic carbocycles. The van der Waals surface area contributed by atoms with Gasteiger partial charge in [-0.05, 0) is 42.0 Å². The number of ether oxygens (including phenoxy) is 1. The van der Waals surface area contributed by atoms with E-state index in [1.165, 1.54) is 19.2 Å². The summed E-state index contributed by atoms with van der Waals surface area (Å²) in [5, 5.41) is 3.32. The van der Waals surface area contributed by atoms with Gasteiger partial charge in [-0.3, -0.25) is 5.32 Å². The summed E-state index contributed by atoms with van der Waals surface area (Å²) in [5.41, 5.74) is 0.539. The Labute approximate surface area is 127 Å². The highest BCUT2D eigenvalue weighted by molar-refractivity contribution is 7.99. The largest absolute Gasteiger partial charge is 0.468 e. The van der Waals surface area contributed by atoms with Crippen molar-refractivity contribution in [3.05, 3.63) is 34.6 Å². The van der Waals surface area contributed by atoms with Crippen LogP contribution >= 0.6 is 23.4 Å². The third kappa shape index (κ3) is 3.87. The number of nitrogens with one attached hydrogen (secondary N) is 1. The van der Waals surface area contributed by atoms with Crippen LogP contribution in [0.4, 0.5) is 4.39 Å². The average molecular weight is 318 g/mol. The first-order chi connectivity index (χ1) is 9.61. The Hall–Kier alpha value is -0.780. The molecule has 0 amide bonds. The topological polar surface area (TPSA) is 38.3 Å². The molecule has 1 atom stereocenters. The molecule has 1 aromatic rings. The van der Waals surface area contributed by atoms with Gasteiger partial charge in [0.05, 0.1) is 12.1 Å². The van der Waals surface area contributed by atoms with E-state index in [0.29, 0.717) is 5.56 Å². The molecular formula is C14H17ClFNO2S. The molecule has 1 aliphatic heterocycles. The smallest absolute Gasteiger partial charge is 0.327 e. The van der Waals surface area contributed by atoms with Crippen molar-refractivity contribution in [2.75, 3.05) is 18.6 Å². The zero-order chi connectivity index (χ0) is 14.5. The standard InChI is InChI=1S/C14H17ClFNO2S/c1-19-14(18)13(17-10-4-6-20-7-5-10)9-2-3-11(15)12(16)8-9/h2-3,8,10,13,17H,4-7H2,1H3/t13-/m1/s1. The lowest BCUT2D eigenvalue weighted by Crippen LogP contribution is -2.39. The van der Waals surface area contributed by atoms with Crippen molar-refractivity contribution in [2.24, 2.45) is 0 Å². The normalized spacial score (nSPS) is 17.8. The molecule has 0 saturated carbocycles. The lowest BCUT2D eigenvalue weighted by Gasteiger charge is -2.27. The van der Waals surface area contributed by atoms with Crippen LogP contribution in [0.3, 0.4) is 0 Å². The monoisotopic (exact) mass is 317 g/mol. The lowest BCUT2D eigenvalue weighted by molar-refractivity contribution is -0.143. The van der Waals surface area contributed by atoms with E-state index in [4.69, 9.17) is 16.3 Å². The molecule has 1 N–H and O–H groups in total. The number of hydrogen-bond donors (Lipinski definition) is 1. The van der Waals surface area contributed by atoms with Crippen molar-refractivity contribution in [2.45, 2.75) is 24.9 Å². The molecule has 0 unspecified atom stereocenters. The molecule has 1 fully saturated rings. The fourth-order valence-electron chi connectivity index (χ4n) is 2.21. The number of methoxy groups -OCH3 is 1. The number of rotatable bonds is 4. The molecule has 1 heterocycles. The fourth-order valence-corrected chi connectivity index (χ4v) is 3.43. The first-order valence-electron chi connectivity index (χ1n) is 6.48. The molecule has 0 aliphatic carbocycles. The molecular weight excluding hydrogens is 301 g/mol. The van der Waals surface area contributed by atoms with Crippen molar-refractivity contribution in [3.8, 4) is 0 Å². The van der Waals surface area contributed by atoms with Crippen molar-refractivity contribution in [1.82, 2.24) is 5.32 Å². The lowest BCUT2D eigenvalue weighted by atomic mass is 10.0. The van der Waals surface area contributed by atoms with Crippen LogP contribution in [0.25, 0.3) is 0 Å². The van der Waals surface area contributed by atoms with Gasteiger partial charge in [-0.1, -0.05) is 17.7 Å². The summed E-state index contributed by atoms with van der Waals surface area (Å²) in [6.07, 6.45) is 1.99. The number of carbonyl (C=O) groups is 1. The zero-order valence-electron chi connectivity index (χ0n) is 11.2. The van der Waals surface area contributed by atoms with Crippen LogP contribution in [-0.4, -0.2) is 30.6 Å². The third-order valence-corrected chi connectivity index (χ3v) is 4.69. The van der Waals surface area contributed by atoms with Crippen molar-refractivity contribution >= 4 is 29.3 Å². The van der Waals surface area contributed by atoms with Gasteiger partial charge in [0.1, 0.15) is 11.9 Å². The molecule has 1 aliphatic rings. The van der Waals surface area contributed by atoms with Gasteiger partial charge < -0.3 is 4.74 Å².